The van der Waals surface area contributed by atoms with Crippen molar-refractivity contribution in [2.75, 3.05) is 59.7 Å². The van der Waals surface area contributed by atoms with E-state index in [2.05, 4.69) is 10.2 Å². The lowest BCUT2D eigenvalue weighted by Gasteiger charge is -2.25. The SMILES string of the molecule is COCCOCC1CCN(C(=NCC2CCCCO2)NCCc2ccco2)C1.I. The summed E-state index contributed by atoms with van der Waals surface area (Å²) in [7, 11) is 1.70. The number of rotatable bonds is 10. The van der Waals surface area contributed by atoms with E-state index in [-0.39, 0.29) is 30.1 Å². The number of hydrogen-bond donors (Lipinski definition) is 1. The Kier molecular flexibility index (Phi) is 12.0. The minimum absolute atomic E-state index is 0. The van der Waals surface area contributed by atoms with E-state index >= 15 is 0 Å². The van der Waals surface area contributed by atoms with Gasteiger partial charge < -0.3 is 28.8 Å². The number of nitrogens with zero attached hydrogens (tertiary/aromatic N) is 2. The summed E-state index contributed by atoms with van der Waals surface area (Å²) in [6.45, 7) is 6.49. The zero-order valence-corrected chi connectivity index (χ0v) is 19.8. The normalized spacial score (nSPS) is 22.5. The Morgan fingerprint density at radius 3 is 3.00 bits per heavy atom. The Balaban J connectivity index is 0.00000300. The number of hydrogen-bond acceptors (Lipinski definition) is 5. The summed E-state index contributed by atoms with van der Waals surface area (Å²) >= 11 is 0. The van der Waals surface area contributed by atoms with Crippen LogP contribution in [-0.2, 0) is 20.6 Å². The molecule has 2 aliphatic rings. The average molecular weight is 521 g/mol. The van der Waals surface area contributed by atoms with Crippen LogP contribution < -0.4 is 5.32 Å². The summed E-state index contributed by atoms with van der Waals surface area (Å²) in [6.07, 6.45) is 7.48. The van der Waals surface area contributed by atoms with Gasteiger partial charge in [-0.1, -0.05) is 0 Å². The molecule has 0 aromatic carbocycles. The highest BCUT2D eigenvalue weighted by molar-refractivity contribution is 14.0. The molecule has 3 rings (SSSR count). The molecule has 2 unspecified atom stereocenters. The molecule has 2 fully saturated rings. The van der Waals surface area contributed by atoms with E-state index in [1.165, 1.54) is 12.8 Å². The highest BCUT2D eigenvalue weighted by Crippen LogP contribution is 2.18. The standard InChI is InChI=1S/C21H35N3O4.HI/c1-25-13-14-26-17-18-8-10-24(16-18)21(22-9-7-19-6-4-12-27-19)23-15-20-5-2-3-11-28-20;/h4,6,12,18,20H,2-3,5,7-11,13-17H2,1H3,(H,22,23);1H. The third kappa shape index (κ3) is 8.82. The van der Waals surface area contributed by atoms with E-state index in [0.29, 0.717) is 19.1 Å². The lowest BCUT2D eigenvalue weighted by Crippen LogP contribution is -2.42. The predicted octanol–water partition coefficient (Wildman–Crippen LogP) is 2.94. The summed E-state index contributed by atoms with van der Waals surface area (Å²) in [5.41, 5.74) is 0. The highest BCUT2D eigenvalue weighted by atomic mass is 127. The van der Waals surface area contributed by atoms with Crippen LogP contribution in [0.5, 0.6) is 0 Å². The largest absolute Gasteiger partial charge is 0.469 e. The van der Waals surface area contributed by atoms with Gasteiger partial charge in [-0.05, 0) is 37.8 Å². The number of aliphatic imine (C=N–C) groups is 1. The molecule has 1 N–H and O–H groups in total. The van der Waals surface area contributed by atoms with Crippen LogP contribution >= 0.6 is 24.0 Å². The maximum absolute atomic E-state index is 5.85. The zero-order valence-electron chi connectivity index (χ0n) is 17.5. The molecule has 1 aromatic heterocycles. The molecular weight excluding hydrogens is 485 g/mol. The van der Waals surface area contributed by atoms with E-state index in [9.17, 15) is 0 Å². The lowest BCUT2D eigenvalue weighted by atomic mass is 10.1. The van der Waals surface area contributed by atoms with Crippen molar-refractivity contribution in [1.82, 2.24) is 10.2 Å². The second kappa shape index (κ2) is 14.2. The Morgan fingerprint density at radius 1 is 1.31 bits per heavy atom. The van der Waals surface area contributed by atoms with Crippen molar-refractivity contribution in [2.24, 2.45) is 10.9 Å². The predicted molar refractivity (Wildman–Crippen MR) is 124 cm³/mol. The van der Waals surface area contributed by atoms with Gasteiger partial charge in [-0.25, -0.2) is 0 Å². The fourth-order valence-electron chi connectivity index (χ4n) is 3.71. The molecule has 0 bridgehead atoms. The number of furan rings is 1. The molecule has 29 heavy (non-hydrogen) atoms. The molecule has 8 heteroatoms. The molecule has 0 spiro atoms. The van der Waals surface area contributed by atoms with E-state index in [1.54, 1.807) is 13.4 Å². The quantitative estimate of drug-likeness (QED) is 0.221. The molecule has 0 saturated carbocycles. The van der Waals surface area contributed by atoms with Crippen LogP contribution in [0.4, 0.5) is 0 Å². The molecule has 3 heterocycles. The van der Waals surface area contributed by atoms with Gasteiger partial charge in [-0.15, -0.1) is 24.0 Å². The van der Waals surface area contributed by atoms with Gasteiger partial charge in [0.15, 0.2) is 5.96 Å². The molecular formula is C21H36IN3O4. The molecule has 166 valence electrons. The third-order valence-electron chi connectivity index (χ3n) is 5.32. The van der Waals surface area contributed by atoms with Crippen molar-refractivity contribution in [3.05, 3.63) is 24.2 Å². The average Bonchev–Trinajstić information content (AvgIpc) is 3.41. The van der Waals surface area contributed by atoms with Crippen LogP contribution in [0.15, 0.2) is 27.8 Å². The zero-order chi connectivity index (χ0) is 19.4. The molecule has 2 atom stereocenters. The van der Waals surface area contributed by atoms with E-state index in [0.717, 1.165) is 70.4 Å². The number of methoxy groups -OCH3 is 1. The number of likely N-dealkylation sites (tertiary alicyclic amines) is 1. The Labute approximate surface area is 191 Å². The van der Waals surface area contributed by atoms with Gasteiger partial charge in [0.2, 0.25) is 0 Å². The van der Waals surface area contributed by atoms with Crippen molar-refractivity contribution in [3.8, 4) is 0 Å². The molecule has 2 aliphatic heterocycles. The van der Waals surface area contributed by atoms with Crippen molar-refractivity contribution in [2.45, 2.75) is 38.2 Å². The Hall–Kier alpha value is -0.840. The molecule has 0 radical (unpaired) electrons. The first kappa shape index (κ1) is 24.4. The van der Waals surface area contributed by atoms with Crippen molar-refractivity contribution >= 4 is 29.9 Å². The second-order valence-corrected chi connectivity index (χ2v) is 7.58. The van der Waals surface area contributed by atoms with E-state index < -0.39 is 0 Å². The maximum atomic E-state index is 5.85. The molecule has 0 aliphatic carbocycles. The van der Waals surface area contributed by atoms with Crippen LogP contribution in [0, 0.1) is 5.92 Å². The van der Waals surface area contributed by atoms with Crippen LogP contribution in [-0.4, -0.2) is 76.7 Å². The molecule has 0 amide bonds. The first-order chi connectivity index (χ1) is 13.8. The first-order valence-corrected chi connectivity index (χ1v) is 10.6. The minimum Gasteiger partial charge on any atom is -0.469 e. The maximum Gasteiger partial charge on any atom is 0.194 e. The summed E-state index contributed by atoms with van der Waals surface area (Å²) in [6, 6.07) is 3.94. The first-order valence-electron chi connectivity index (χ1n) is 10.6. The Morgan fingerprint density at radius 2 is 2.24 bits per heavy atom. The molecule has 2 saturated heterocycles. The highest BCUT2D eigenvalue weighted by Gasteiger charge is 2.25. The summed E-state index contributed by atoms with van der Waals surface area (Å²) in [4.78, 5) is 7.26. The van der Waals surface area contributed by atoms with Crippen LogP contribution in [0.3, 0.4) is 0 Å². The topological polar surface area (TPSA) is 68.5 Å². The number of guanidine groups is 1. The molecule has 7 nitrogen and oxygen atoms in total. The lowest BCUT2D eigenvalue weighted by molar-refractivity contribution is 0.0223. The van der Waals surface area contributed by atoms with Crippen molar-refractivity contribution in [3.63, 3.8) is 0 Å². The van der Waals surface area contributed by atoms with Gasteiger partial charge >= 0.3 is 0 Å². The van der Waals surface area contributed by atoms with Gasteiger partial charge in [-0.2, -0.15) is 0 Å². The van der Waals surface area contributed by atoms with E-state index in [1.807, 2.05) is 12.1 Å². The minimum atomic E-state index is 0. The fraction of sp³-hybridized carbons (Fsp3) is 0.762. The Bertz CT molecular complexity index is 564. The fourth-order valence-corrected chi connectivity index (χ4v) is 3.71. The number of halogens is 1. The van der Waals surface area contributed by atoms with Gasteiger partial charge in [-0.3, -0.25) is 4.99 Å². The van der Waals surface area contributed by atoms with Crippen LogP contribution in [0.2, 0.25) is 0 Å². The van der Waals surface area contributed by atoms with Gasteiger partial charge in [0.05, 0.1) is 38.7 Å². The monoisotopic (exact) mass is 521 g/mol. The second-order valence-electron chi connectivity index (χ2n) is 7.58. The van der Waals surface area contributed by atoms with Gasteiger partial charge in [0, 0.05) is 45.7 Å². The third-order valence-corrected chi connectivity index (χ3v) is 5.32. The smallest absolute Gasteiger partial charge is 0.194 e. The summed E-state index contributed by atoms with van der Waals surface area (Å²) < 4.78 is 22.1. The van der Waals surface area contributed by atoms with Crippen LogP contribution in [0.1, 0.15) is 31.4 Å². The van der Waals surface area contributed by atoms with Gasteiger partial charge in [0.1, 0.15) is 5.76 Å². The van der Waals surface area contributed by atoms with Gasteiger partial charge in [0.25, 0.3) is 0 Å². The summed E-state index contributed by atoms with van der Waals surface area (Å²) in [5.74, 6) is 2.52. The van der Waals surface area contributed by atoms with Crippen molar-refractivity contribution in [1.29, 1.82) is 0 Å². The summed E-state index contributed by atoms with van der Waals surface area (Å²) in [5, 5.41) is 3.54. The van der Waals surface area contributed by atoms with E-state index in [4.69, 9.17) is 23.6 Å². The number of ether oxygens (including phenoxy) is 3. The van der Waals surface area contributed by atoms with Crippen LogP contribution in [0.25, 0.3) is 0 Å². The molecule has 1 aromatic rings. The number of nitrogens with one attached hydrogen (secondary N) is 1. The van der Waals surface area contributed by atoms with Crippen molar-refractivity contribution < 1.29 is 18.6 Å².